The van der Waals surface area contributed by atoms with Crippen molar-refractivity contribution in [3.8, 4) is 0 Å². The van der Waals surface area contributed by atoms with Crippen molar-refractivity contribution in [1.29, 1.82) is 0 Å². The van der Waals surface area contributed by atoms with Crippen LogP contribution in [0.2, 0.25) is 0 Å². The molecule has 0 fully saturated rings. The largest absolute Gasteiger partial charge is 0.441 e. The zero-order valence-corrected chi connectivity index (χ0v) is 15.3. The van der Waals surface area contributed by atoms with Crippen molar-refractivity contribution in [1.82, 2.24) is 4.90 Å². The van der Waals surface area contributed by atoms with Gasteiger partial charge in [-0.25, -0.2) is 9.69 Å². The molecule has 0 atom stereocenters. The highest BCUT2D eigenvalue weighted by atomic mass is 16.6. The number of fused-ring (bicyclic) bond motifs is 1. The lowest BCUT2D eigenvalue weighted by Gasteiger charge is -2.27. The third-order valence-electron chi connectivity index (χ3n) is 4.88. The number of rotatable bonds is 5. The standard InChI is InChI=1S/C23H17NO5/c25-20-18-13-7-8-14-19(18)21(26)24(20)15-29-22(27)23(28,16-9-3-1-4-10-16)17-11-5-2-6-12-17/h1-14,28H,15H2. The van der Waals surface area contributed by atoms with Crippen molar-refractivity contribution in [2.24, 2.45) is 0 Å². The molecule has 0 saturated carbocycles. The molecule has 0 spiro atoms. The molecule has 144 valence electrons. The number of nitrogens with zero attached hydrogens (tertiary/aromatic N) is 1. The lowest BCUT2D eigenvalue weighted by atomic mass is 9.86. The Bertz CT molecular complexity index is 1000. The van der Waals surface area contributed by atoms with Crippen LogP contribution in [0, 0.1) is 0 Å². The number of aliphatic hydroxyl groups is 1. The summed E-state index contributed by atoms with van der Waals surface area (Å²) in [5.74, 6) is -2.06. The monoisotopic (exact) mass is 387 g/mol. The van der Waals surface area contributed by atoms with Gasteiger partial charge in [0, 0.05) is 0 Å². The zero-order chi connectivity index (χ0) is 20.4. The molecule has 0 bridgehead atoms. The summed E-state index contributed by atoms with van der Waals surface area (Å²) >= 11 is 0. The van der Waals surface area contributed by atoms with E-state index >= 15 is 0 Å². The first-order valence-electron chi connectivity index (χ1n) is 8.99. The van der Waals surface area contributed by atoms with E-state index in [1.165, 1.54) is 0 Å². The summed E-state index contributed by atoms with van der Waals surface area (Å²) in [7, 11) is 0. The van der Waals surface area contributed by atoms with Gasteiger partial charge in [-0.05, 0) is 23.3 Å². The third-order valence-corrected chi connectivity index (χ3v) is 4.88. The first kappa shape index (κ1) is 18.6. The van der Waals surface area contributed by atoms with Crippen LogP contribution in [0.4, 0.5) is 0 Å². The molecule has 3 aromatic carbocycles. The van der Waals surface area contributed by atoms with Gasteiger partial charge in [0.25, 0.3) is 11.8 Å². The highest BCUT2D eigenvalue weighted by Crippen LogP contribution is 2.31. The Balaban J connectivity index is 1.61. The van der Waals surface area contributed by atoms with Crippen molar-refractivity contribution in [3.05, 3.63) is 107 Å². The Morgan fingerprint density at radius 1 is 0.759 bits per heavy atom. The highest BCUT2D eigenvalue weighted by Gasteiger charge is 2.43. The van der Waals surface area contributed by atoms with Gasteiger partial charge in [-0.2, -0.15) is 0 Å². The van der Waals surface area contributed by atoms with E-state index in [1.54, 1.807) is 84.9 Å². The van der Waals surface area contributed by atoms with Crippen LogP contribution < -0.4 is 0 Å². The Labute approximate surface area is 167 Å². The molecule has 1 aliphatic rings. The van der Waals surface area contributed by atoms with Gasteiger partial charge < -0.3 is 9.84 Å². The summed E-state index contributed by atoms with van der Waals surface area (Å²) in [6.45, 7) is -0.590. The fourth-order valence-electron chi connectivity index (χ4n) is 3.35. The minimum Gasteiger partial charge on any atom is -0.441 e. The van der Waals surface area contributed by atoms with E-state index in [9.17, 15) is 19.5 Å². The Morgan fingerprint density at radius 3 is 1.62 bits per heavy atom. The molecule has 2 amide bonds. The van der Waals surface area contributed by atoms with Gasteiger partial charge in [-0.15, -0.1) is 0 Å². The number of carbonyl (C=O) groups is 3. The molecule has 29 heavy (non-hydrogen) atoms. The van der Waals surface area contributed by atoms with E-state index < -0.39 is 30.1 Å². The average Bonchev–Trinajstić information content (AvgIpc) is 3.02. The average molecular weight is 387 g/mol. The van der Waals surface area contributed by atoms with Gasteiger partial charge in [-0.3, -0.25) is 9.59 Å². The Hall–Kier alpha value is -3.77. The van der Waals surface area contributed by atoms with Crippen molar-refractivity contribution < 1.29 is 24.2 Å². The molecule has 0 unspecified atom stereocenters. The van der Waals surface area contributed by atoms with Crippen molar-refractivity contribution >= 4 is 17.8 Å². The van der Waals surface area contributed by atoms with E-state index in [0.717, 1.165) is 4.90 Å². The van der Waals surface area contributed by atoms with Gasteiger partial charge in [0.05, 0.1) is 11.1 Å². The lowest BCUT2D eigenvalue weighted by molar-refractivity contribution is -0.164. The number of imide groups is 1. The maximum absolute atomic E-state index is 13.0. The molecule has 0 saturated heterocycles. The van der Waals surface area contributed by atoms with Crippen LogP contribution in [0.3, 0.4) is 0 Å². The predicted molar refractivity (Wildman–Crippen MR) is 104 cm³/mol. The number of amides is 2. The van der Waals surface area contributed by atoms with E-state index in [0.29, 0.717) is 11.1 Å². The second-order valence-electron chi connectivity index (χ2n) is 6.59. The molecular formula is C23H17NO5. The predicted octanol–water partition coefficient (Wildman–Crippen LogP) is 2.72. The molecule has 1 heterocycles. The smallest absolute Gasteiger partial charge is 0.349 e. The zero-order valence-electron chi connectivity index (χ0n) is 15.3. The number of esters is 1. The first-order valence-corrected chi connectivity index (χ1v) is 8.99. The van der Waals surface area contributed by atoms with Gasteiger partial charge >= 0.3 is 5.97 Å². The SMILES string of the molecule is O=C1c2ccccc2C(=O)N1COC(=O)C(O)(c1ccccc1)c1ccccc1. The molecule has 0 aromatic heterocycles. The molecule has 4 rings (SSSR count). The van der Waals surface area contributed by atoms with Crippen molar-refractivity contribution in [2.45, 2.75) is 5.60 Å². The van der Waals surface area contributed by atoms with Crippen LogP contribution in [0.25, 0.3) is 0 Å². The number of benzene rings is 3. The summed E-state index contributed by atoms with van der Waals surface area (Å²) in [5, 5.41) is 11.3. The molecule has 3 aromatic rings. The number of hydrogen-bond donors (Lipinski definition) is 1. The second-order valence-corrected chi connectivity index (χ2v) is 6.59. The number of carbonyl (C=O) groups excluding carboxylic acids is 3. The Kier molecular flexibility index (Phi) is 4.70. The normalized spacial score (nSPS) is 13.3. The molecule has 6 heteroatoms. The summed E-state index contributed by atoms with van der Waals surface area (Å²) in [5.41, 5.74) is -0.928. The van der Waals surface area contributed by atoms with E-state index in [2.05, 4.69) is 0 Å². The maximum atomic E-state index is 13.0. The van der Waals surface area contributed by atoms with Crippen LogP contribution in [0.5, 0.6) is 0 Å². The van der Waals surface area contributed by atoms with E-state index in [-0.39, 0.29) is 11.1 Å². The summed E-state index contributed by atoms with van der Waals surface area (Å²) in [6.07, 6.45) is 0. The maximum Gasteiger partial charge on any atom is 0.349 e. The molecule has 0 radical (unpaired) electrons. The number of ether oxygens (including phenoxy) is 1. The fraction of sp³-hybridized carbons (Fsp3) is 0.0870. The van der Waals surface area contributed by atoms with Crippen LogP contribution >= 0.6 is 0 Å². The molecular weight excluding hydrogens is 370 g/mol. The minimum absolute atomic E-state index is 0.259. The van der Waals surface area contributed by atoms with Gasteiger partial charge in [0.1, 0.15) is 0 Å². The van der Waals surface area contributed by atoms with E-state index in [1.807, 2.05) is 0 Å². The lowest BCUT2D eigenvalue weighted by Crippen LogP contribution is -2.42. The van der Waals surface area contributed by atoms with Crippen molar-refractivity contribution in [2.75, 3.05) is 6.73 Å². The minimum atomic E-state index is -2.08. The Morgan fingerprint density at radius 2 is 1.17 bits per heavy atom. The fourth-order valence-corrected chi connectivity index (χ4v) is 3.35. The summed E-state index contributed by atoms with van der Waals surface area (Å²) in [4.78, 5) is 38.8. The van der Waals surface area contributed by atoms with Crippen LogP contribution in [-0.4, -0.2) is 34.5 Å². The van der Waals surface area contributed by atoms with Gasteiger partial charge in [0.2, 0.25) is 5.60 Å². The van der Waals surface area contributed by atoms with Crippen LogP contribution in [-0.2, 0) is 15.1 Å². The molecule has 0 aliphatic carbocycles. The third kappa shape index (κ3) is 3.09. The number of hydrogen-bond acceptors (Lipinski definition) is 5. The molecule has 1 aliphatic heterocycles. The first-order chi connectivity index (χ1) is 14.0. The van der Waals surface area contributed by atoms with Gasteiger partial charge in [0.15, 0.2) is 6.73 Å². The quantitative estimate of drug-likeness (QED) is 0.538. The van der Waals surface area contributed by atoms with E-state index in [4.69, 9.17) is 4.74 Å². The molecule has 1 N–H and O–H groups in total. The van der Waals surface area contributed by atoms with Crippen LogP contribution in [0.1, 0.15) is 31.8 Å². The highest BCUT2D eigenvalue weighted by molar-refractivity contribution is 6.21. The topological polar surface area (TPSA) is 83.9 Å². The summed E-state index contributed by atoms with van der Waals surface area (Å²) in [6, 6.07) is 23.1. The second kappa shape index (κ2) is 7.33. The molecule has 6 nitrogen and oxygen atoms in total. The van der Waals surface area contributed by atoms with Gasteiger partial charge in [-0.1, -0.05) is 72.8 Å². The van der Waals surface area contributed by atoms with Crippen LogP contribution in [0.15, 0.2) is 84.9 Å². The van der Waals surface area contributed by atoms with Crippen molar-refractivity contribution in [3.63, 3.8) is 0 Å². The summed E-state index contributed by atoms with van der Waals surface area (Å²) < 4.78 is 5.27.